The van der Waals surface area contributed by atoms with Crippen LogP contribution in [0.25, 0.3) is 0 Å². The number of halogens is 6. The van der Waals surface area contributed by atoms with Crippen LogP contribution in [0.4, 0.5) is 49.1 Å². The zero-order valence-corrected chi connectivity index (χ0v) is 35.8. The van der Waals surface area contributed by atoms with Crippen molar-refractivity contribution in [2.45, 2.75) is 67.6 Å². The molecule has 0 fully saturated rings. The maximum Gasteiger partial charge on any atom is 0.416 e. The first kappa shape index (κ1) is 53.3. The van der Waals surface area contributed by atoms with E-state index in [2.05, 4.69) is 42.8 Å². The molecule has 0 heterocycles. The van der Waals surface area contributed by atoms with Gasteiger partial charge in [0.25, 0.3) is 11.8 Å². The molecule has 0 spiro atoms. The smallest absolute Gasteiger partial charge is 0.370 e. The summed E-state index contributed by atoms with van der Waals surface area (Å²) in [5.41, 5.74) is 27.6. The van der Waals surface area contributed by atoms with Gasteiger partial charge < -0.3 is 55.7 Å². The summed E-state index contributed by atoms with van der Waals surface area (Å²) in [7, 11) is 0. The van der Waals surface area contributed by atoms with Crippen LogP contribution >= 0.6 is 23.5 Å². The average molecular weight is 932 g/mol. The fourth-order valence-electron chi connectivity index (χ4n) is 5.12. The molecule has 0 aromatic heterocycles. The van der Waals surface area contributed by atoms with Crippen molar-refractivity contribution in [2.75, 3.05) is 59.0 Å². The molecule has 4 amide bonds. The molecule has 2 aromatic rings. The molecule has 2 rings (SSSR count). The topological polar surface area (TPSA) is 310 Å². The van der Waals surface area contributed by atoms with E-state index in [1.165, 1.54) is 6.92 Å². The van der Waals surface area contributed by atoms with E-state index in [0.29, 0.717) is 49.9 Å². The predicted molar refractivity (Wildman–Crippen MR) is 237 cm³/mol. The van der Waals surface area contributed by atoms with Crippen LogP contribution in [0.15, 0.2) is 73.0 Å². The van der Waals surface area contributed by atoms with Gasteiger partial charge >= 0.3 is 12.4 Å². The molecule has 346 valence electrons. The van der Waals surface area contributed by atoms with Gasteiger partial charge in [-0.2, -0.15) is 26.3 Å². The quantitative estimate of drug-likeness (QED) is 0.0130. The van der Waals surface area contributed by atoms with Crippen molar-refractivity contribution in [3.63, 3.8) is 0 Å². The summed E-state index contributed by atoms with van der Waals surface area (Å²) in [6, 6.07) is 2.67. The number of thioether (sulfide) groups is 2. The molecule has 0 saturated heterocycles. The number of alkyl halides is 6. The molecule has 16 N–H and O–H groups in total. The van der Waals surface area contributed by atoms with E-state index in [1.54, 1.807) is 0 Å². The van der Waals surface area contributed by atoms with Gasteiger partial charge in [0.15, 0.2) is 11.9 Å². The Labute approximate surface area is 367 Å². The van der Waals surface area contributed by atoms with Crippen LogP contribution < -0.4 is 55.7 Å². The zero-order chi connectivity index (χ0) is 47.3. The number of nitrogens with two attached hydrogens (primary N) is 6. The standard InChI is InChI=1S/C38H51F6N13O4S2/c1-3-51-28(34(61)57-27-20-23(38(42,43)44)18-25(55-30(59)9-5-7-11-46)32(27)63-15-13-53-36(49)50)16-21(2)33(60)56-26-19-22(37(39,40)41)17-24(54-29(58)8-4-6-10-45)31(26)62-14-12-52-35(47)48/h3,16-20H,2,4-15,45-46H2,1H3,(H,54,58)(H,55,59)(H,56,60)(H,57,61)(H4,47,48,52)(H4,49,50,53)/b28-16-,51-3?. The molecule has 0 radical (unpaired) electrons. The second kappa shape index (κ2) is 26.0. The molecule has 25 heteroatoms. The molecular weight excluding hydrogens is 881 g/mol. The highest BCUT2D eigenvalue weighted by molar-refractivity contribution is 7.99. The van der Waals surface area contributed by atoms with Gasteiger partial charge in [0.05, 0.1) is 56.8 Å². The van der Waals surface area contributed by atoms with Gasteiger partial charge in [-0.05, 0) is 76.0 Å². The summed E-state index contributed by atoms with van der Waals surface area (Å²) in [5, 5.41) is 9.64. The van der Waals surface area contributed by atoms with Crippen molar-refractivity contribution < 1.29 is 45.5 Å². The second-order valence-corrected chi connectivity index (χ2v) is 15.3. The number of anilines is 4. The minimum absolute atomic E-state index is 0.000736. The Kier molecular flexibility index (Phi) is 22.0. The van der Waals surface area contributed by atoms with Crippen LogP contribution in [0, 0.1) is 0 Å². The summed E-state index contributed by atoms with van der Waals surface area (Å²) in [4.78, 5) is 64.6. The Balaban J connectivity index is 2.65. The molecule has 0 aliphatic rings. The van der Waals surface area contributed by atoms with Crippen molar-refractivity contribution in [2.24, 2.45) is 49.4 Å². The molecule has 17 nitrogen and oxygen atoms in total. The highest BCUT2D eigenvalue weighted by Crippen LogP contribution is 2.43. The van der Waals surface area contributed by atoms with Gasteiger partial charge in [-0.3, -0.25) is 34.2 Å². The van der Waals surface area contributed by atoms with Gasteiger partial charge in [-0.15, -0.1) is 23.5 Å². The molecule has 0 saturated carbocycles. The van der Waals surface area contributed by atoms with E-state index in [0.717, 1.165) is 35.8 Å². The molecular formula is C38H51F6N13O4S2. The van der Waals surface area contributed by atoms with Crippen LogP contribution in [-0.4, -0.2) is 79.4 Å². The summed E-state index contributed by atoms with van der Waals surface area (Å²) in [5.74, 6) is -3.91. The first-order chi connectivity index (χ1) is 29.6. The Morgan fingerprint density at radius 2 is 1.03 bits per heavy atom. The summed E-state index contributed by atoms with van der Waals surface area (Å²) < 4.78 is 85.2. The normalized spacial score (nSPS) is 11.8. The van der Waals surface area contributed by atoms with Gasteiger partial charge in [0.1, 0.15) is 5.70 Å². The molecule has 0 unspecified atom stereocenters. The second-order valence-electron chi connectivity index (χ2n) is 13.0. The third-order valence-corrected chi connectivity index (χ3v) is 10.2. The van der Waals surface area contributed by atoms with E-state index in [1.807, 2.05) is 0 Å². The number of rotatable bonds is 24. The van der Waals surface area contributed by atoms with Crippen LogP contribution in [0.3, 0.4) is 0 Å². The molecule has 0 aliphatic heterocycles. The van der Waals surface area contributed by atoms with Gasteiger partial charge in [-0.25, -0.2) is 0 Å². The largest absolute Gasteiger partial charge is 0.416 e. The highest BCUT2D eigenvalue weighted by Gasteiger charge is 2.34. The number of hydrogen-bond donors (Lipinski definition) is 10. The van der Waals surface area contributed by atoms with Crippen molar-refractivity contribution in [3.05, 3.63) is 59.3 Å². The van der Waals surface area contributed by atoms with Crippen LogP contribution in [0.5, 0.6) is 0 Å². The Bertz CT molecular complexity index is 2070. The summed E-state index contributed by atoms with van der Waals surface area (Å²) >= 11 is 1.82. The number of carbonyl (C=O) groups is 4. The Hall–Kier alpha value is -5.79. The minimum Gasteiger partial charge on any atom is -0.370 e. The molecule has 0 aliphatic carbocycles. The lowest BCUT2D eigenvalue weighted by Crippen LogP contribution is -2.23. The SMILES string of the molecule is C=C(/C=C(\N=CC)C(=O)Nc1cc(C(F)(F)F)cc(NC(=O)CCCCN)c1SCCN=C(N)N)C(=O)Nc1cc(C(F)(F)F)cc(NC(=O)CCCCN)c1SCCN=C(N)N. The number of aliphatic imine (C=N–C) groups is 3. The lowest BCUT2D eigenvalue weighted by Gasteiger charge is -2.20. The lowest BCUT2D eigenvalue weighted by molar-refractivity contribution is -0.138. The number of nitrogens with one attached hydrogen (secondary N) is 4. The summed E-state index contributed by atoms with van der Waals surface area (Å²) in [6.07, 6.45) is -6.41. The van der Waals surface area contributed by atoms with Gasteiger partial charge in [-0.1, -0.05) is 6.58 Å². The number of amides is 4. The van der Waals surface area contributed by atoms with E-state index in [4.69, 9.17) is 34.4 Å². The zero-order valence-electron chi connectivity index (χ0n) is 34.2. The number of carbonyl (C=O) groups excluding carboxylic acids is 4. The number of nitrogens with zero attached hydrogens (tertiary/aromatic N) is 3. The molecule has 0 bridgehead atoms. The molecule has 63 heavy (non-hydrogen) atoms. The fourth-order valence-corrected chi connectivity index (χ4v) is 6.95. The van der Waals surface area contributed by atoms with Crippen molar-refractivity contribution >= 4 is 88.0 Å². The molecule has 0 atom stereocenters. The van der Waals surface area contributed by atoms with Crippen molar-refractivity contribution in [1.82, 2.24) is 0 Å². The third-order valence-electron chi connectivity index (χ3n) is 7.96. The van der Waals surface area contributed by atoms with Crippen LogP contribution in [0.1, 0.15) is 56.6 Å². The average Bonchev–Trinajstić information content (AvgIpc) is 3.18. The van der Waals surface area contributed by atoms with E-state index in [-0.39, 0.29) is 83.6 Å². The monoisotopic (exact) mass is 931 g/mol. The first-order valence-corrected chi connectivity index (χ1v) is 21.0. The highest BCUT2D eigenvalue weighted by atomic mass is 32.2. The summed E-state index contributed by atoms with van der Waals surface area (Å²) in [6.45, 7) is 5.59. The van der Waals surface area contributed by atoms with Gasteiger partial charge in [0, 0.05) is 36.1 Å². The van der Waals surface area contributed by atoms with E-state index < -0.39 is 69.8 Å². The Morgan fingerprint density at radius 1 is 0.651 bits per heavy atom. The predicted octanol–water partition coefficient (Wildman–Crippen LogP) is 4.70. The maximum absolute atomic E-state index is 14.2. The fraction of sp³-hybridized carbons (Fsp3) is 0.395. The number of unbranched alkanes of at least 4 members (excludes halogenated alkanes) is 2. The number of benzene rings is 2. The molecule has 2 aromatic carbocycles. The van der Waals surface area contributed by atoms with Crippen molar-refractivity contribution in [1.29, 1.82) is 0 Å². The number of hydrogen-bond acceptors (Lipinski definition) is 11. The number of guanidine groups is 2. The maximum atomic E-state index is 14.2. The lowest BCUT2D eigenvalue weighted by atomic mass is 10.1. The van der Waals surface area contributed by atoms with E-state index in [9.17, 15) is 45.5 Å². The van der Waals surface area contributed by atoms with Crippen LogP contribution in [-0.2, 0) is 31.5 Å². The van der Waals surface area contributed by atoms with Crippen LogP contribution in [0.2, 0.25) is 0 Å². The third kappa shape index (κ3) is 19.0. The first-order valence-electron chi connectivity index (χ1n) is 19.0. The van der Waals surface area contributed by atoms with E-state index >= 15 is 0 Å². The minimum atomic E-state index is -4.95. The van der Waals surface area contributed by atoms with Crippen molar-refractivity contribution in [3.8, 4) is 0 Å². The van der Waals surface area contributed by atoms with Gasteiger partial charge in [0.2, 0.25) is 11.8 Å². The Morgan fingerprint density at radius 3 is 1.38 bits per heavy atom.